The molecule has 0 bridgehead atoms. The van der Waals surface area contributed by atoms with E-state index in [0.29, 0.717) is 25.9 Å². The third kappa shape index (κ3) is 15.5. The zero-order chi connectivity index (χ0) is 26.1. The van der Waals surface area contributed by atoms with Crippen molar-refractivity contribution in [1.29, 1.82) is 0 Å². The van der Waals surface area contributed by atoms with E-state index in [4.69, 9.17) is 9.47 Å². The summed E-state index contributed by atoms with van der Waals surface area (Å²) in [6.07, 6.45) is 14.1. The second kappa shape index (κ2) is 18.1. The van der Waals surface area contributed by atoms with E-state index < -0.39 is 40.3 Å². The van der Waals surface area contributed by atoms with Crippen LogP contribution in [0.4, 0.5) is 0 Å². The standard InChI is InChI=1S/C26H50N2O6S/c1-5-6-7-8-9-10-11-12-13-14-15-16-19-35(31,32)28-24(20-21(2)3)25(30)27-23-17-18-33-26(23)34-22(4)29/h21,23-24,26,28H,5-20H2,1-4H3,(H,27,30)/t23-,24?,26-/m0/s1. The highest BCUT2D eigenvalue weighted by Gasteiger charge is 2.34. The van der Waals surface area contributed by atoms with Crippen molar-refractivity contribution in [3.8, 4) is 0 Å². The van der Waals surface area contributed by atoms with Gasteiger partial charge in [-0.1, -0.05) is 91.4 Å². The van der Waals surface area contributed by atoms with Gasteiger partial charge < -0.3 is 14.8 Å². The highest BCUT2D eigenvalue weighted by atomic mass is 32.2. The molecule has 9 heteroatoms. The molecular formula is C26H50N2O6S. The van der Waals surface area contributed by atoms with Crippen LogP contribution in [0.5, 0.6) is 0 Å². The molecule has 1 fully saturated rings. The monoisotopic (exact) mass is 518 g/mol. The Morgan fingerprint density at radius 2 is 1.49 bits per heavy atom. The van der Waals surface area contributed by atoms with Crippen LogP contribution in [-0.2, 0) is 29.1 Å². The van der Waals surface area contributed by atoms with Gasteiger partial charge in [-0.3, -0.25) is 9.59 Å². The first-order valence-corrected chi connectivity index (χ1v) is 15.4. The van der Waals surface area contributed by atoms with Gasteiger partial charge in [-0.15, -0.1) is 0 Å². The lowest BCUT2D eigenvalue weighted by molar-refractivity contribution is -0.170. The quantitative estimate of drug-likeness (QED) is 0.177. The van der Waals surface area contributed by atoms with Crippen LogP contribution in [0.25, 0.3) is 0 Å². The molecule has 206 valence electrons. The molecule has 0 spiro atoms. The summed E-state index contributed by atoms with van der Waals surface area (Å²) in [6.45, 7) is 7.77. The Hall–Kier alpha value is -1.19. The predicted octanol–water partition coefficient (Wildman–Crippen LogP) is 4.82. The van der Waals surface area contributed by atoms with E-state index in [0.717, 1.165) is 19.3 Å². The normalized spacial score (nSPS) is 19.1. The lowest BCUT2D eigenvalue weighted by atomic mass is 10.0. The maximum Gasteiger partial charge on any atom is 0.305 e. The molecule has 0 radical (unpaired) electrons. The van der Waals surface area contributed by atoms with Crippen LogP contribution in [0.2, 0.25) is 0 Å². The Labute approximate surface area is 213 Å². The van der Waals surface area contributed by atoms with Crippen LogP contribution < -0.4 is 10.0 Å². The summed E-state index contributed by atoms with van der Waals surface area (Å²) >= 11 is 0. The van der Waals surface area contributed by atoms with Crippen LogP contribution in [0.3, 0.4) is 0 Å². The van der Waals surface area contributed by atoms with E-state index >= 15 is 0 Å². The van der Waals surface area contributed by atoms with Crippen molar-refractivity contribution in [3.05, 3.63) is 0 Å². The van der Waals surface area contributed by atoms with Crippen molar-refractivity contribution in [2.75, 3.05) is 12.4 Å². The van der Waals surface area contributed by atoms with E-state index in [1.54, 1.807) is 0 Å². The average Bonchev–Trinajstić information content (AvgIpc) is 3.19. The van der Waals surface area contributed by atoms with E-state index in [1.807, 2.05) is 13.8 Å². The Kier molecular flexibility index (Phi) is 16.5. The van der Waals surface area contributed by atoms with Gasteiger partial charge >= 0.3 is 5.97 Å². The Morgan fingerprint density at radius 1 is 0.943 bits per heavy atom. The lowest BCUT2D eigenvalue weighted by Gasteiger charge is -2.24. The number of amides is 1. The maximum atomic E-state index is 12.9. The van der Waals surface area contributed by atoms with Gasteiger partial charge in [0, 0.05) is 6.92 Å². The maximum absolute atomic E-state index is 12.9. The van der Waals surface area contributed by atoms with E-state index in [2.05, 4.69) is 17.0 Å². The molecule has 0 saturated carbocycles. The summed E-state index contributed by atoms with van der Waals surface area (Å²) in [5.41, 5.74) is 0. The SMILES string of the molecule is CCCCCCCCCCCCCCS(=O)(=O)NC(CC(C)C)C(=O)N[C@H]1CCO[C@H]1OC(C)=O. The van der Waals surface area contributed by atoms with Crippen LogP contribution in [0, 0.1) is 5.92 Å². The van der Waals surface area contributed by atoms with Crippen molar-refractivity contribution in [2.24, 2.45) is 5.92 Å². The highest BCUT2D eigenvalue weighted by Crippen LogP contribution is 2.17. The largest absolute Gasteiger partial charge is 0.434 e. The second-order valence-electron chi connectivity index (χ2n) is 10.3. The molecule has 35 heavy (non-hydrogen) atoms. The Bertz CT molecular complexity index is 698. The molecule has 0 aliphatic carbocycles. The molecule has 0 aromatic rings. The van der Waals surface area contributed by atoms with Gasteiger partial charge in [0.25, 0.3) is 0 Å². The molecule has 2 N–H and O–H groups in total. The van der Waals surface area contributed by atoms with Gasteiger partial charge in [-0.05, 0) is 25.2 Å². The van der Waals surface area contributed by atoms with Crippen LogP contribution in [0.1, 0.15) is 118 Å². The molecular weight excluding hydrogens is 468 g/mol. The second-order valence-corrected chi connectivity index (χ2v) is 12.1. The van der Waals surface area contributed by atoms with Crippen LogP contribution in [-0.4, -0.2) is 51.0 Å². The average molecular weight is 519 g/mol. The lowest BCUT2D eigenvalue weighted by Crippen LogP contribution is -2.52. The number of rotatable bonds is 20. The number of unbranched alkanes of at least 4 members (excludes halogenated alkanes) is 11. The number of carbonyl (C=O) groups is 2. The van der Waals surface area contributed by atoms with E-state index in [-0.39, 0.29) is 11.7 Å². The molecule has 1 unspecified atom stereocenters. The molecule has 1 rings (SSSR count). The fourth-order valence-corrected chi connectivity index (χ4v) is 5.69. The van der Waals surface area contributed by atoms with Crippen molar-refractivity contribution >= 4 is 21.9 Å². The Morgan fingerprint density at radius 3 is 2.00 bits per heavy atom. The van der Waals surface area contributed by atoms with E-state index in [9.17, 15) is 18.0 Å². The number of carbonyl (C=O) groups excluding carboxylic acids is 2. The predicted molar refractivity (Wildman–Crippen MR) is 139 cm³/mol. The van der Waals surface area contributed by atoms with Gasteiger partial charge in [0.2, 0.25) is 22.2 Å². The number of hydrogen-bond acceptors (Lipinski definition) is 6. The fraction of sp³-hybridized carbons (Fsp3) is 0.923. The van der Waals surface area contributed by atoms with Gasteiger partial charge in [0.1, 0.15) is 6.04 Å². The van der Waals surface area contributed by atoms with E-state index in [1.165, 1.54) is 58.3 Å². The summed E-state index contributed by atoms with van der Waals surface area (Å²) < 4.78 is 38.4. The van der Waals surface area contributed by atoms with Crippen molar-refractivity contribution in [1.82, 2.24) is 10.0 Å². The molecule has 8 nitrogen and oxygen atoms in total. The summed E-state index contributed by atoms with van der Waals surface area (Å²) in [5, 5.41) is 2.81. The molecule has 1 heterocycles. The minimum absolute atomic E-state index is 0.0227. The van der Waals surface area contributed by atoms with Gasteiger partial charge in [-0.2, -0.15) is 0 Å². The summed E-state index contributed by atoms with van der Waals surface area (Å²) in [4.78, 5) is 24.1. The Balaban J connectivity index is 2.35. The van der Waals surface area contributed by atoms with Crippen molar-refractivity contribution < 1.29 is 27.5 Å². The number of esters is 1. The molecule has 0 aromatic heterocycles. The number of ether oxygens (including phenoxy) is 2. The topological polar surface area (TPSA) is 111 Å². The number of nitrogens with one attached hydrogen (secondary N) is 2. The molecule has 1 saturated heterocycles. The minimum Gasteiger partial charge on any atom is -0.434 e. The molecule has 1 aliphatic rings. The zero-order valence-electron chi connectivity index (χ0n) is 22.5. The minimum atomic E-state index is -3.58. The number of hydrogen-bond donors (Lipinski definition) is 2. The summed E-state index contributed by atoms with van der Waals surface area (Å²) in [5.74, 6) is -0.749. The van der Waals surface area contributed by atoms with Crippen molar-refractivity contribution in [2.45, 2.75) is 136 Å². The van der Waals surface area contributed by atoms with Crippen molar-refractivity contribution in [3.63, 3.8) is 0 Å². The zero-order valence-corrected chi connectivity index (χ0v) is 23.3. The smallest absolute Gasteiger partial charge is 0.305 e. The molecule has 1 amide bonds. The van der Waals surface area contributed by atoms with Crippen LogP contribution >= 0.6 is 0 Å². The molecule has 0 aromatic carbocycles. The number of sulfonamides is 1. The third-order valence-electron chi connectivity index (χ3n) is 6.26. The van der Waals surface area contributed by atoms with Gasteiger partial charge in [0.15, 0.2) is 0 Å². The summed E-state index contributed by atoms with van der Waals surface area (Å²) in [6, 6.07) is -1.35. The third-order valence-corrected chi connectivity index (χ3v) is 7.73. The summed E-state index contributed by atoms with van der Waals surface area (Å²) in [7, 11) is -3.58. The molecule has 1 aliphatic heterocycles. The fourth-order valence-electron chi connectivity index (χ4n) is 4.36. The van der Waals surface area contributed by atoms with Gasteiger partial charge in [0.05, 0.1) is 18.4 Å². The first-order chi connectivity index (χ1) is 16.6. The van der Waals surface area contributed by atoms with Crippen LogP contribution in [0.15, 0.2) is 0 Å². The highest BCUT2D eigenvalue weighted by molar-refractivity contribution is 7.89. The molecule has 3 atom stereocenters. The van der Waals surface area contributed by atoms with Gasteiger partial charge in [-0.25, -0.2) is 13.1 Å². The first-order valence-electron chi connectivity index (χ1n) is 13.7. The first kappa shape index (κ1) is 31.8.